The minimum absolute atomic E-state index is 0.756. The van der Waals surface area contributed by atoms with Crippen LogP contribution in [0.1, 0.15) is 18.4 Å². The van der Waals surface area contributed by atoms with E-state index in [1.807, 2.05) is 11.6 Å². The van der Waals surface area contributed by atoms with E-state index in [0.29, 0.717) is 0 Å². The van der Waals surface area contributed by atoms with E-state index in [0.717, 1.165) is 30.8 Å². The molecule has 0 unspecified atom stereocenters. The molecule has 0 fully saturated rings. The smallest absolute Gasteiger partial charge is 0.139 e. The molecule has 0 aliphatic heterocycles. The van der Waals surface area contributed by atoms with Gasteiger partial charge in [-0.25, -0.2) is 4.98 Å². The van der Waals surface area contributed by atoms with E-state index in [9.17, 15) is 0 Å². The second-order valence-corrected chi connectivity index (χ2v) is 6.89. The highest BCUT2D eigenvalue weighted by Gasteiger charge is 2.14. The van der Waals surface area contributed by atoms with Crippen molar-refractivity contribution in [2.24, 2.45) is 5.73 Å². The molecule has 3 N–H and O–H groups in total. The molecule has 0 bridgehead atoms. The number of thiazole rings is 1. The first-order valence-electron chi connectivity index (χ1n) is 6.69. The zero-order valence-electron chi connectivity index (χ0n) is 11.0. The predicted octanol–water partition coefficient (Wildman–Crippen LogP) is 4.18. The zero-order valence-corrected chi connectivity index (χ0v) is 14.0. The Labute approximate surface area is 135 Å². The number of aromatic amines is 1. The van der Waals surface area contributed by atoms with Crippen LogP contribution in [0.4, 0.5) is 0 Å². The number of benzene rings is 1. The highest BCUT2D eigenvalue weighted by Crippen LogP contribution is 2.33. The van der Waals surface area contributed by atoms with Crippen LogP contribution in [0.5, 0.6) is 0 Å². The number of fused-ring (bicyclic) bond motifs is 1. The number of nitrogens with zero attached hydrogens (tertiary/aromatic N) is 1. The molecule has 3 nitrogen and oxygen atoms in total. The SMILES string of the molecule is NCCCCc1c(-c2nccs2)[nH]c2ccc(I)cc12. The van der Waals surface area contributed by atoms with Crippen molar-refractivity contribution in [3.05, 3.63) is 38.9 Å². The molecule has 2 aromatic heterocycles. The average molecular weight is 397 g/mol. The van der Waals surface area contributed by atoms with Crippen LogP contribution >= 0.6 is 33.9 Å². The van der Waals surface area contributed by atoms with Crippen molar-refractivity contribution in [1.82, 2.24) is 9.97 Å². The molecule has 104 valence electrons. The highest BCUT2D eigenvalue weighted by molar-refractivity contribution is 14.1. The summed E-state index contributed by atoms with van der Waals surface area (Å²) < 4.78 is 1.26. The van der Waals surface area contributed by atoms with E-state index >= 15 is 0 Å². The quantitative estimate of drug-likeness (QED) is 0.502. The standard InChI is InChI=1S/C15H16IN3S/c16-10-4-5-13-12(9-10)11(3-1-2-6-17)14(19-13)15-18-7-8-20-15/h4-5,7-9,19H,1-3,6,17H2. The Morgan fingerprint density at radius 3 is 2.95 bits per heavy atom. The van der Waals surface area contributed by atoms with Crippen molar-refractivity contribution in [3.8, 4) is 10.7 Å². The molecular weight excluding hydrogens is 381 g/mol. The summed E-state index contributed by atoms with van der Waals surface area (Å²) >= 11 is 4.05. The fourth-order valence-electron chi connectivity index (χ4n) is 2.46. The molecule has 0 aliphatic carbocycles. The number of hydrogen-bond donors (Lipinski definition) is 2. The first-order chi connectivity index (χ1) is 9.79. The third-order valence-electron chi connectivity index (χ3n) is 3.40. The summed E-state index contributed by atoms with van der Waals surface area (Å²) in [6, 6.07) is 6.54. The van der Waals surface area contributed by atoms with Crippen LogP contribution in [-0.2, 0) is 6.42 Å². The number of aryl methyl sites for hydroxylation is 1. The molecule has 3 rings (SSSR count). The van der Waals surface area contributed by atoms with E-state index in [-0.39, 0.29) is 0 Å². The van der Waals surface area contributed by atoms with Gasteiger partial charge in [0.05, 0.1) is 5.69 Å². The lowest BCUT2D eigenvalue weighted by Crippen LogP contribution is -1.99. The molecular formula is C15H16IN3S. The largest absolute Gasteiger partial charge is 0.352 e. The summed E-state index contributed by atoms with van der Waals surface area (Å²) in [5.74, 6) is 0. The Balaban J connectivity index is 2.10. The van der Waals surface area contributed by atoms with Gasteiger partial charge >= 0.3 is 0 Å². The van der Waals surface area contributed by atoms with Crippen molar-refractivity contribution in [2.45, 2.75) is 19.3 Å². The van der Waals surface area contributed by atoms with E-state index < -0.39 is 0 Å². The van der Waals surface area contributed by atoms with Gasteiger partial charge in [0.1, 0.15) is 5.01 Å². The zero-order chi connectivity index (χ0) is 13.9. The van der Waals surface area contributed by atoms with Crippen LogP contribution in [-0.4, -0.2) is 16.5 Å². The van der Waals surface area contributed by atoms with E-state index in [4.69, 9.17) is 5.73 Å². The monoisotopic (exact) mass is 397 g/mol. The maximum absolute atomic E-state index is 5.62. The van der Waals surface area contributed by atoms with Crippen LogP contribution in [0, 0.1) is 3.57 Å². The maximum atomic E-state index is 5.62. The van der Waals surface area contributed by atoms with Gasteiger partial charge < -0.3 is 10.7 Å². The fraction of sp³-hybridized carbons (Fsp3) is 0.267. The lowest BCUT2D eigenvalue weighted by Gasteiger charge is -2.02. The molecule has 20 heavy (non-hydrogen) atoms. The van der Waals surface area contributed by atoms with Crippen molar-refractivity contribution in [1.29, 1.82) is 0 Å². The lowest BCUT2D eigenvalue weighted by molar-refractivity contribution is 0.748. The van der Waals surface area contributed by atoms with Crippen molar-refractivity contribution in [2.75, 3.05) is 6.54 Å². The number of rotatable bonds is 5. The van der Waals surface area contributed by atoms with Gasteiger partial charge in [0.25, 0.3) is 0 Å². The van der Waals surface area contributed by atoms with Gasteiger partial charge in [0.2, 0.25) is 0 Å². The Hall–Kier alpha value is -0.920. The summed E-state index contributed by atoms with van der Waals surface area (Å²) in [6.45, 7) is 0.756. The first kappa shape index (κ1) is 14.0. The molecule has 0 saturated heterocycles. The van der Waals surface area contributed by atoms with Gasteiger partial charge in [-0.2, -0.15) is 0 Å². The van der Waals surface area contributed by atoms with Gasteiger partial charge in [0, 0.05) is 26.1 Å². The molecule has 0 aliphatic rings. The van der Waals surface area contributed by atoms with Gasteiger partial charge in [-0.15, -0.1) is 11.3 Å². The average Bonchev–Trinajstić information content (AvgIpc) is 3.07. The van der Waals surface area contributed by atoms with Crippen LogP contribution in [0.2, 0.25) is 0 Å². The van der Waals surface area contributed by atoms with Gasteiger partial charge in [0.15, 0.2) is 0 Å². The molecule has 0 radical (unpaired) electrons. The number of halogens is 1. The lowest BCUT2D eigenvalue weighted by atomic mass is 10.0. The molecule has 3 aromatic rings. The van der Waals surface area contributed by atoms with Crippen LogP contribution < -0.4 is 5.73 Å². The first-order valence-corrected chi connectivity index (χ1v) is 8.65. The van der Waals surface area contributed by atoms with Crippen LogP contribution in [0.15, 0.2) is 29.8 Å². The van der Waals surface area contributed by atoms with Crippen LogP contribution in [0.3, 0.4) is 0 Å². The minimum atomic E-state index is 0.756. The number of H-pyrrole nitrogens is 1. The van der Waals surface area contributed by atoms with Gasteiger partial charge in [-0.1, -0.05) is 0 Å². The van der Waals surface area contributed by atoms with E-state index in [1.54, 1.807) is 11.3 Å². The molecule has 0 atom stereocenters. The van der Waals surface area contributed by atoms with E-state index in [2.05, 4.69) is 50.8 Å². The summed E-state index contributed by atoms with van der Waals surface area (Å²) in [5, 5.41) is 4.41. The second kappa shape index (κ2) is 6.24. The molecule has 2 heterocycles. The summed E-state index contributed by atoms with van der Waals surface area (Å²) in [5.41, 5.74) is 9.36. The molecule has 5 heteroatoms. The Bertz CT molecular complexity index is 703. The third-order valence-corrected chi connectivity index (χ3v) is 4.86. The third kappa shape index (κ3) is 2.75. The Kier molecular flexibility index (Phi) is 4.38. The van der Waals surface area contributed by atoms with Crippen molar-refractivity contribution in [3.63, 3.8) is 0 Å². The summed E-state index contributed by atoms with van der Waals surface area (Å²) in [7, 11) is 0. The normalized spacial score (nSPS) is 11.3. The van der Waals surface area contributed by atoms with E-state index in [1.165, 1.54) is 25.7 Å². The topological polar surface area (TPSA) is 54.7 Å². The maximum Gasteiger partial charge on any atom is 0.139 e. The fourth-order valence-corrected chi connectivity index (χ4v) is 3.61. The molecule has 0 spiro atoms. The summed E-state index contributed by atoms with van der Waals surface area (Å²) in [6.07, 6.45) is 5.09. The molecule has 0 amide bonds. The number of aromatic nitrogens is 2. The molecule has 1 aromatic carbocycles. The highest BCUT2D eigenvalue weighted by atomic mass is 127. The second-order valence-electron chi connectivity index (χ2n) is 4.75. The Morgan fingerprint density at radius 1 is 1.30 bits per heavy atom. The summed E-state index contributed by atoms with van der Waals surface area (Å²) in [4.78, 5) is 7.99. The Morgan fingerprint density at radius 2 is 2.20 bits per heavy atom. The predicted molar refractivity (Wildman–Crippen MR) is 94.1 cm³/mol. The number of unbranched alkanes of at least 4 members (excludes halogenated alkanes) is 1. The van der Waals surface area contributed by atoms with Crippen LogP contribution in [0.25, 0.3) is 21.6 Å². The molecule has 0 saturated carbocycles. The van der Waals surface area contributed by atoms with Gasteiger partial charge in [-0.3, -0.25) is 0 Å². The van der Waals surface area contributed by atoms with Crippen molar-refractivity contribution < 1.29 is 0 Å². The minimum Gasteiger partial charge on any atom is -0.352 e. The van der Waals surface area contributed by atoms with Crippen molar-refractivity contribution >= 4 is 44.8 Å². The number of nitrogens with one attached hydrogen (secondary N) is 1. The van der Waals surface area contributed by atoms with Gasteiger partial charge in [-0.05, 0) is 72.2 Å². The number of hydrogen-bond acceptors (Lipinski definition) is 3. The number of nitrogens with two attached hydrogens (primary N) is 1.